The SMILES string of the molecule is Cc1cc(C)cc(-n2c(SC(C)C(=O)NC3CCCCC3)nc3ccccc3c2=O)c1. The Hall–Kier alpha value is -2.60. The second-order valence-corrected chi connectivity index (χ2v) is 9.81. The zero-order valence-corrected chi connectivity index (χ0v) is 19.2. The number of carbonyl (C=O) groups is 1. The lowest BCUT2D eigenvalue weighted by atomic mass is 9.95. The standard InChI is InChI=1S/C25H29N3O2S/c1-16-13-17(2)15-20(14-16)28-24(30)21-11-7-8-12-22(21)27-25(28)31-18(3)23(29)26-19-9-5-4-6-10-19/h7-8,11-15,18-19H,4-6,9-10H2,1-3H3,(H,26,29). The summed E-state index contributed by atoms with van der Waals surface area (Å²) >= 11 is 1.34. The third kappa shape index (κ3) is 4.85. The molecule has 1 N–H and O–H groups in total. The summed E-state index contributed by atoms with van der Waals surface area (Å²) in [5.74, 6) is 0.00582. The Labute approximate surface area is 187 Å². The van der Waals surface area contributed by atoms with E-state index >= 15 is 0 Å². The van der Waals surface area contributed by atoms with Gasteiger partial charge in [0.15, 0.2) is 5.16 Å². The van der Waals surface area contributed by atoms with Gasteiger partial charge in [-0.05, 0) is 69.0 Å². The molecule has 6 heteroatoms. The molecule has 0 saturated heterocycles. The van der Waals surface area contributed by atoms with E-state index in [-0.39, 0.29) is 22.8 Å². The van der Waals surface area contributed by atoms with Gasteiger partial charge in [0.2, 0.25) is 5.91 Å². The molecule has 1 aliphatic carbocycles. The monoisotopic (exact) mass is 435 g/mol. The number of para-hydroxylation sites is 1. The van der Waals surface area contributed by atoms with E-state index in [1.807, 2.05) is 51.1 Å². The number of nitrogens with one attached hydrogen (secondary N) is 1. The molecule has 0 bridgehead atoms. The second kappa shape index (κ2) is 9.27. The molecular weight excluding hydrogens is 406 g/mol. The van der Waals surface area contributed by atoms with Crippen LogP contribution in [0.4, 0.5) is 0 Å². The first-order chi connectivity index (χ1) is 14.9. The highest BCUT2D eigenvalue weighted by atomic mass is 32.2. The molecule has 1 amide bonds. The molecule has 1 unspecified atom stereocenters. The number of nitrogens with zero attached hydrogens (tertiary/aromatic N) is 2. The predicted octanol–water partition coefficient (Wildman–Crippen LogP) is 4.93. The molecule has 3 aromatic rings. The third-order valence-corrected chi connectivity index (χ3v) is 6.86. The van der Waals surface area contributed by atoms with E-state index in [9.17, 15) is 9.59 Å². The van der Waals surface area contributed by atoms with Crippen LogP contribution in [-0.4, -0.2) is 26.8 Å². The third-order valence-electron chi connectivity index (χ3n) is 5.81. The molecule has 0 radical (unpaired) electrons. The minimum atomic E-state index is -0.354. The predicted molar refractivity (Wildman–Crippen MR) is 127 cm³/mol. The van der Waals surface area contributed by atoms with Crippen LogP contribution in [0.15, 0.2) is 52.4 Å². The number of fused-ring (bicyclic) bond motifs is 1. The molecule has 5 nitrogen and oxygen atoms in total. The van der Waals surface area contributed by atoms with Crippen molar-refractivity contribution in [1.29, 1.82) is 0 Å². The van der Waals surface area contributed by atoms with Crippen molar-refractivity contribution in [2.75, 3.05) is 0 Å². The van der Waals surface area contributed by atoms with Gasteiger partial charge < -0.3 is 5.32 Å². The summed E-state index contributed by atoms with van der Waals surface area (Å²) in [5, 5.41) is 3.95. The van der Waals surface area contributed by atoms with Crippen LogP contribution in [0, 0.1) is 13.8 Å². The number of aryl methyl sites for hydroxylation is 2. The van der Waals surface area contributed by atoms with Crippen LogP contribution >= 0.6 is 11.8 Å². The first-order valence-electron chi connectivity index (χ1n) is 11.0. The number of benzene rings is 2. The van der Waals surface area contributed by atoms with Crippen molar-refractivity contribution >= 4 is 28.6 Å². The van der Waals surface area contributed by atoms with Gasteiger partial charge in [0, 0.05) is 6.04 Å². The maximum Gasteiger partial charge on any atom is 0.266 e. The number of amides is 1. The Morgan fingerprint density at radius 3 is 2.48 bits per heavy atom. The van der Waals surface area contributed by atoms with Gasteiger partial charge in [0.05, 0.1) is 21.8 Å². The quantitative estimate of drug-likeness (QED) is 0.456. The molecule has 1 aromatic heterocycles. The van der Waals surface area contributed by atoms with E-state index in [4.69, 9.17) is 4.98 Å². The van der Waals surface area contributed by atoms with Crippen molar-refractivity contribution in [3.05, 3.63) is 63.9 Å². The molecule has 162 valence electrons. The zero-order valence-electron chi connectivity index (χ0n) is 18.4. The van der Waals surface area contributed by atoms with Crippen LogP contribution in [0.2, 0.25) is 0 Å². The number of aromatic nitrogens is 2. The van der Waals surface area contributed by atoms with Crippen LogP contribution < -0.4 is 10.9 Å². The lowest BCUT2D eigenvalue weighted by molar-refractivity contribution is -0.121. The van der Waals surface area contributed by atoms with Crippen LogP contribution in [0.25, 0.3) is 16.6 Å². The summed E-state index contributed by atoms with van der Waals surface area (Å²) in [4.78, 5) is 31.1. The number of thioether (sulfide) groups is 1. The smallest absolute Gasteiger partial charge is 0.266 e. The van der Waals surface area contributed by atoms with Crippen molar-refractivity contribution < 1.29 is 4.79 Å². The van der Waals surface area contributed by atoms with Crippen LogP contribution in [0.5, 0.6) is 0 Å². The maximum absolute atomic E-state index is 13.4. The average Bonchev–Trinajstić information content (AvgIpc) is 2.74. The van der Waals surface area contributed by atoms with Crippen molar-refractivity contribution in [1.82, 2.24) is 14.9 Å². The lowest BCUT2D eigenvalue weighted by Gasteiger charge is -2.24. The normalized spacial score (nSPS) is 15.7. The Morgan fingerprint density at radius 1 is 1.10 bits per heavy atom. The van der Waals surface area contributed by atoms with Gasteiger partial charge in [-0.1, -0.05) is 49.2 Å². The summed E-state index contributed by atoms with van der Waals surface area (Å²) in [7, 11) is 0. The zero-order chi connectivity index (χ0) is 22.0. The fraction of sp³-hybridized carbons (Fsp3) is 0.400. The van der Waals surface area contributed by atoms with Crippen molar-refractivity contribution in [2.24, 2.45) is 0 Å². The first kappa shape index (κ1) is 21.6. The summed E-state index contributed by atoms with van der Waals surface area (Å²) in [5.41, 5.74) is 3.47. The van der Waals surface area contributed by atoms with Crippen molar-refractivity contribution in [3.63, 3.8) is 0 Å². The fourth-order valence-electron chi connectivity index (χ4n) is 4.28. The molecule has 0 aliphatic heterocycles. The van der Waals surface area contributed by atoms with Crippen LogP contribution in [0.3, 0.4) is 0 Å². The lowest BCUT2D eigenvalue weighted by Crippen LogP contribution is -2.40. The molecular formula is C25H29N3O2S. The summed E-state index contributed by atoms with van der Waals surface area (Å²) in [6.45, 7) is 5.92. The molecule has 31 heavy (non-hydrogen) atoms. The maximum atomic E-state index is 13.4. The van der Waals surface area contributed by atoms with Crippen molar-refractivity contribution in [3.8, 4) is 5.69 Å². The average molecular weight is 436 g/mol. The largest absolute Gasteiger partial charge is 0.352 e. The van der Waals surface area contributed by atoms with Crippen molar-refractivity contribution in [2.45, 2.75) is 69.3 Å². The Bertz CT molecular complexity index is 1140. The summed E-state index contributed by atoms with van der Waals surface area (Å²) in [6, 6.07) is 13.7. The van der Waals surface area contributed by atoms with E-state index in [2.05, 4.69) is 11.4 Å². The molecule has 1 atom stereocenters. The highest BCUT2D eigenvalue weighted by Crippen LogP contribution is 2.27. The van der Waals surface area contributed by atoms with Crippen LogP contribution in [-0.2, 0) is 4.79 Å². The molecule has 0 spiro atoms. The van der Waals surface area contributed by atoms with E-state index in [0.717, 1.165) is 29.7 Å². The Balaban J connectivity index is 1.72. The molecule has 1 aliphatic rings. The van der Waals surface area contributed by atoms with Gasteiger partial charge in [-0.3, -0.25) is 14.2 Å². The van der Waals surface area contributed by atoms with Gasteiger partial charge >= 0.3 is 0 Å². The molecule has 1 fully saturated rings. The molecule has 1 saturated carbocycles. The number of hydrogen-bond acceptors (Lipinski definition) is 4. The summed E-state index contributed by atoms with van der Waals surface area (Å²) in [6.07, 6.45) is 5.69. The van der Waals surface area contributed by atoms with Gasteiger partial charge in [-0.15, -0.1) is 0 Å². The number of hydrogen-bond donors (Lipinski definition) is 1. The second-order valence-electron chi connectivity index (χ2n) is 8.50. The minimum Gasteiger partial charge on any atom is -0.352 e. The summed E-state index contributed by atoms with van der Waals surface area (Å²) < 4.78 is 1.65. The highest BCUT2D eigenvalue weighted by molar-refractivity contribution is 8.00. The van der Waals surface area contributed by atoms with E-state index < -0.39 is 0 Å². The van der Waals surface area contributed by atoms with Gasteiger partial charge in [0.1, 0.15) is 0 Å². The minimum absolute atomic E-state index is 0.00582. The molecule has 2 aromatic carbocycles. The topological polar surface area (TPSA) is 64.0 Å². The van der Waals surface area contributed by atoms with E-state index in [0.29, 0.717) is 16.1 Å². The number of carbonyl (C=O) groups excluding carboxylic acids is 1. The van der Waals surface area contributed by atoms with E-state index in [1.54, 1.807) is 10.6 Å². The Morgan fingerprint density at radius 2 is 1.77 bits per heavy atom. The number of rotatable bonds is 5. The Kier molecular flexibility index (Phi) is 6.46. The van der Waals surface area contributed by atoms with Crippen LogP contribution in [0.1, 0.15) is 50.2 Å². The molecule has 1 heterocycles. The van der Waals surface area contributed by atoms with Gasteiger partial charge in [-0.25, -0.2) is 4.98 Å². The molecule has 4 rings (SSSR count). The van der Waals surface area contributed by atoms with Gasteiger partial charge in [-0.2, -0.15) is 0 Å². The fourth-order valence-corrected chi connectivity index (χ4v) is 5.21. The van der Waals surface area contributed by atoms with Gasteiger partial charge in [0.25, 0.3) is 5.56 Å². The highest BCUT2D eigenvalue weighted by Gasteiger charge is 2.23. The first-order valence-corrected chi connectivity index (χ1v) is 11.9. The van der Waals surface area contributed by atoms with E-state index in [1.165, 1.54) is 31.0 Å².